The third kappa shape index (κ3) is 2.10. The average Bonchev–Trinajstić information content (AvgIpc) is 2.32. The molecule has 2 rings (SSSR count). The number of carboxylic acid groups (broad SMARTS) is 1. The Balaban J connectivity index is 2.60. The van der Waals surface area contributed by atoms with Gasteiger partial charge in [-0.25, -0.2) is 4.98 Å². The molecule has 17 heavy (non-hydrogen) atoms. The Bertz CT molecular complexity index is 633. The summed E-state index contributed by atoms with van der Waals surface area (Å²) in [7, 11) is 1.52. The van der Waals surface area contributed by atoms with Crippen LogP contribution >= 0.6 is 0 Å². The summed E-state index contributed by atoms with van der Waals surface area (Å²) in [5.74, 6) is -0.484. The fourth-order valence-electron chi connectivity index (χ4n) is 1.52. The molecule has 1 aromatic carbocycles. The lowest BCUT2D eigenvalue weighted by atomic mass is 10.2. The number of hydrogen-bond acceptors (Lipinski definition) is 4. The summed E-state index contributed by atoms with van der Waals surface area (Å²) in [5.41, 5.74) is 0.107. The molecule has 2 aromatic rings. The zero-order valence-corrected chi connectivity index (χ0v) is 9.08. The van der Waals surface area contributed by atoms with Crippen LogP contribution in [0.15, 0.2) is 29.3 Å². The van der Waals surface area contributed by atoms with Crippen molar-refractivity contribution in [1.29, 1.82) is 0 Å². The van der Waals surface area contributed by atoms with E-state index in [-0.39, 0.29) is 5.56 Å². The first-order valence-corrected chi connectivity index (χ1v) is 4.87. The minimum atomic E-state index is -1.08. The number of methoxy groups -OCH3 is 1. The van der Waals surface area contributed by atoms with E-state index in [1.807, 2.05) is 0 Å². The van der Waals surface area contributed by atoms with E-state index in [2.05, 4.69) is 4.98 Å². The van der Waals surface area contributed by atoms with Crippen LogP contribution < -0.4 is 10.3 Å². The Kier molecular flexibility index (Phi) is 2.78. The van der Waals surface area contributed by atoms with Crippen LogP contribution in [0.1, 0.15) is 0 Å². The molecule has 0 unspecified atom stereocenters. The second kappa shape index (κ2) is 4.25. The summed E-state index contributed by atoms with van der Waals surface area (Å²) >= 11 is 0. The van der Waals surface area contributed by atoms with Crippen LogP contribution in [0.5, 0.6) is 5.75 Å². The minimum Gasteiger partial charge on any atom is -0.497 e. The van der Waals surface area contributed by atoms with E-state index in [1.165, 1.54) is 13.4 Å². The Labute approximate surface area is 96.1 Å². The van der Waals surface area contributed by atoms with E-state index in [9.17, 15) is 9.59 Å². The van der Waals surface area contributed by atoms with Gasteiger partial charge in [0, 0.05) is 6.07 Å². The number of ether oxygens (including phenoxy) is 1. The maximum absolute atomic E-state index is 11.9. The number of fused-ring (bicyclic) bond motifs is 1. The molecule has 0 amide bonds. The SMILES string of the molecule is COc1ccc2c(=O)n(CC(=O)O)cnc2c1. The normalized spacial score (nSPS) is 10.4. The van der Waals surface area contributed by atoms with Crippen molar-refractivity contribution in [2.24, 2.45) is 0 Å². The molecule has 88 valence electrons. The van der Waals surface area contributed by atoms with E-state index in [0.717, 1.165) is 4.57 Å². The van der Waals surface area contributed by atoms with Crippen molar-refractivity contribution in [2.75, 3.05) is 7.11 Å². The van der Waals surface area contributed by atoms with Crippen molar-refractivity contribution in [3.05, 3.63) is 34.9 Å². The van der Waals surface area contributed by atoms with Crippen molar-refractivity contribution in [3.63, 3.8) is 0 Å². The van der Waals surface area contributed by atoms with Crippen LogP contribution in [0.2, 0.25) is 0 Å². The molecule has 1 N–H and O–H groups in total. The number of hydrogen-bond donors (Lipinski definition) is 1. The van der Waals surface area contributed by atoms with Gasteiger partial charge in [-0.1, -0.05) is 0 Å². The lowest BCUT2D eigenvalue weighted by Gasteiger charge is -2.04. The van der Waals surface area contributed by atoms with Crippen molar-refractivity contribution in [1.82, 2.24) is 9.55 Å². The molecular weight excluding hydrogens is 224 g/mol. The number of nitrogens with zero attached hydrogens (tertiary/aromatic N) is 2. The van der Waals surface area contributed by atoms with Crippen LogP contribution in [-0.4, -0.2) is 27.7 Å². The molecule has 0 aliphatic heterocycles. The molecule has 0 aliphatic rings. The summed E-state index contributed by atoms with van der Waals surface area (Å²) in [6, 6.07) is 4.83. The Morgan fingerprint density at radius 3 is 2.94 bits per heavy atom. The topological polar surface area (TPSA) is 81.4 Å². The predicted molar refractivity (Wildman–Crippen MR) is 60.2 cm³/mol. The molecule has 0 spiro atoms. The lowest BCUT2D eigenvalue weighted by Crippen LogP contribution is -2.24. The fraction of sp³-hybridized carbons (Fsp3) is 0.182. The van der Waals surface area contributed by atoms with E-state index < -0.39 is 12.5 Å². The quantitative estimate of drug-likeness (QED) is 0.835. The smallest absolute Gasteiger partial charge is 0.323 e. The highest BCUT2D eigenvalue weighted by atomic mass is 16.5. The number of aliphatic carboxylic acids is 1. The zero-order valence-electron chi connectivity index (χ0n) is 9.08. The van der Waals surface area contributed by atoms with Crippen molar-refractivity contribution < 1.29 is 14.6 Å². The summed E-state index contributed by atoms with van der Waals surface area (Å²) in [5, 5.41) is 9.01. The van der Waals surface area contributed by atoms with E-state index >= 15 is 0 Å². The number of carbonyl (C=O) groups is 1. The standard InChI is InChI=1S/C11H10N2O4/c1-17-7-2-3-8-9(4-7)12-6-13(11(8)16)5-10(14)15/h2-4,6H,5H2,1H3,(H,14,15). The molecule has 0 atom stereocenters. The van der Waals surface area contributed by atoms with Crippen molar-refractivity contribution in [2.45, 2.75) is 6.54 Å². The predicted octanol–water partition coefficient (Wildman–Crippen LogP) is 0.490. The van der Waals surface area contributed by atoms with Gasteiger partial charge in [0.25, 0.3) is 5.56 Å². The van der Waals surface area contributed by atoms with Crippen LogP contribution in [0.3, 0.4) is 0 Å². The van der Waals surface area contributed by atoms with E-state index in [1.54, 1.807) is 18.2 Å². The van der Waals surface area contributed by atoms with Gasteiger partial charge in [0.05, 0.1) is 24.3 Å². The maximum atomic E-state index is 11.9. The summed E-state index contributed by atoms with van der Waals surface area (Å²) < 4.78 is 6.07. The van der Waals surface area contributed by atoms with Crippen LogP contribution in [0, 0.1) is 0 Å². The summed E-state index contributed by atoms with van der Waals surface area (Å²) in [4.78, 5) is 26.5. The molecule has 0 radical (unpaired) electrons. The number of carboxylic acids is 1. The third-order valence-electron chi connectivity index (χ3n) is 2.34. The number of aromatic nitrogens is 2. The first-order chi connectivity index (χ1) is 8.11. The van der Waals surface area contributed by atoms with Crippen LogP contribution in [0.25, 0.3) is 10.9 Å². The van der Waals surface area contributed by atoms with Crippen LogP contribution in [0.4, 0.5) is 0 Å². The van der Waals surface area contributed by atoms with Gasteiger partial charge >= 0.3 is 5.97 Å². The summed E-state index contributed by atoms with van der Waals surface area (Å²) in [6.07, 6.45) is 1.22. The second-order valence-electron chi connectivity index (χ2n) is 3.45. The average molecular weight is 234 g/mol. The minimum absolute atomic E-state index is 0.370. The highest BCUT2D eigenvalue weighted by Crippen LogP contribution is 2.15. The fourth-order valence-corrected chi connectivity index (χ4v) is 1.52. The van der Waals surface area contributed by atoms with E-state index in [4.69, 9.17) is 9.84 Å². The Morgan fingerprint density at radius 2 is 2.29 bits per heavy atom. The molecule has 1 aromatic heterocycles. The zero-order chi connectivity index (χ0) is 12.4. The molecular formula is C11H10N2O4. The highest BCUT2D eigenvalue weighted by molar-refractivity contribution is 5.79. The van der Waals surface area contributed by atoms with Gasteiger partial charge in [-0.3, -0.25) is 14.2 Å². The van der Waals surface area contributed by atoms with Gasteiger partial charge in [0.1, 0.15) is 12.3 Å². The first-order valence-electron chi connectivity index (χ1n) is 4.87. The Hall–Kier alpha value is -2.37. The molecule has 0 saturated heterocycles. The van der Waals surface area contributed by atoms with Gasteiger partial charge < -0.3 is 9.84 Å². The van der Waals surface area contributed by atoms with Gasteiger partial charge in [0.2, 0.25) is 0 Å². The molecule has 1 heterocycles. The molecule has 0 aliphatic carbocycles. The molecule has 0 fully saturated rings. The molecule has 6 heteroatoms. The van der Waals surface area contributed by atoms with Gasteiger partial charge in [-0.05, 0) is 12.1 Å². The molecule has 0 bridgehead atoms. The number of rotatable bonds is 3. The monoisotopic (exact) mass is 234 g/mol. The highest BCUT2D eigenvalue weighted by Gasteiger charge is 2.07. The molecule has 6 nitrogen and oxygen atoms in total. The Morgan fingerprint density at radius 1 is 1.53 bits per heavy atom. The third-order valence-corrected chi connectivity index (χ3v) is 2.34. The van der Waals surface area contributed by atoms with E-state index in [0.29, 0.717) is 16.7 Å². The van der Waals surface area contributed by atoms with Gasteiger partial charge in [-0.15, -0.1) is 0 Å². The van der Waals surface area contributed by atoms with Crippen molar-refractivity contribution >= 4 is 16.9 Å². The second-order valence-corrected chi connectivity index (χ2v) is 3.45. The molecule has 0 saturated carbocycles. The van der Waals surface area contributed by atoms with Crippen LogP contribution in [-0.2, 0) is 11.3 Å². The lowest BCUT2D eigenvalue weighted by molar-refractivity contribution is -0.137. The summed E-state index contributed by atoms with van der Waals surface area (Å²) in [6.45, 7) is -0.395. The number of benzene rings is 1. The first kappa shape index (κ1) is 11.1. The largest absolute Gasteiger partial charge is 0.497 e. The van der Waals surface area contributed by atoms with Crippen molar-refractivity contribution in [3.8, 4) is 5.75 Å². The van der Waals surface area contributed by atoms with Gasteiger partial charge in [-0.2, -0.15) is 0 Å². The van der Waals surface area contributed by atoms with Gasteiger partial charge in [0.15, 0.2) is 0 Å². The maximum Gasteiger partial charge on any atom is 0.323 e.